The van der Waals surface area contributed by atoms with Gasteiger partial charge in [-0.2, -0.15) is 0 Å². The third kappa shape index (κ3) is 2.50. The van der Waals surface area contributed by atoms with Gasteiger partial charge < -0.3 is 10.3 Å². The summed E-state index contributed by atoms with van der Waals surface area (Å²) in [5.41, 5.74) is 1.78. The van der Waals surface area contributed by atoms with E-state index in [1.165, 1.54) is 32.1 Å². The number of H-pyrrole nitrogens is 1. The van der Waals surface area contributed by atoms with Crippen molar-refractivity contribution < 1.29 is 4.79 Å². The summed E-state index contributed by atoms with van der Waals surface area (Å²) in [4.78, 5) is 14.6. The number of carbonyl (C=O) groups is 1. The maximum absolute atomic E-state index is 11.3. The maximum atomic E-state index is 11.3. The highest BCUT2D eigenvalue weighted by molar-refractivity contribution is 6.03. The molecule has 2 aromatic rings. The Bertz CT molecular complexity index is 567. The quantitative estimate of drug-likeness (QED) is 0.813. The third-order valence-corrected chi connectivity index (χ3v) is 4.16. The Morgan fingerprint density at radius 2 is 2.00 bits per heavy atom. The van der Waals surface area contributed by atoms with E-state index < -0.39 is 0 Å². The molecule has 2 N–H and O–H groups in total. The number of rotatable bonds is 4. The van der Waals surface area contributed by atoms with Gasteiger partial charge in [-0.1, -0.05) is 37.5 Å². The number of nitrogens with one attached hydrogen (secondary N) is 2. The van der Waals surface area contributed by atoms with Crippen LogP contribution >= 0.6 is 0 Å². The summed E-state index contributed by atoms with van der Waals surface area (Å²) in [6.45, 7) is 0.966. The summed E-state index contributed by atoms with van der Waals surface area (Å²) >= 11 is 0. The van der Waals surface area contributed by atoms with Gasteiger partial charge in [-0.3, -0.25) is 4.79 Å². The SMILES string of the molecule is O=Cc1c(NCC2CCCCC2)[nH]c2ccccc12. The van der Waals surface area contributed by atoms with Crippen molar-refractivity contribution in [2.45, 2.75) is 32.1 Å². The Morgan fingerprint density at radius 1 is 1.21 bits per heavy atom. The molecule has 1 aromatic carbocycles. The molecular weight excluding hydrogens is 236 g/mol. The average Bonchev–Trinajstić information content (AvgIpc) is 2.83. The highest BCUT2D eigenvalue weighted by atomic mass is 16.1. The van der Waals surface area contributed by atoms with E-state index in [9.17, 15) is 4.79 Å². The lowest BCUT2D eigenvalue weighted by Crippen LogP contribution is -2.17. The Hall–Kier alpha value is -1.77. The zero-order chi connectivity index (χ0) is 13.1. The van der Waals surface area contributed by atoms with E-state index in [4.69, 9.17) is 0 Å². The number of hydrogen-bond acceptors (Lipinski definition) is 2. The summed E-state index contributed by atoms with van der Waals surface area (Å²) in [5, 5.41) is 4.44. The molecule has 100 valence electrons. The summed E-state index contributed by atoms with van der Waals surface area (Å²) in [5.74, 6) is 1.63. The minimum atomic E-state index is 0.750. The van der Waals surface area contributed by atoms with Crippen LogP contribution in [0.25, 0.3) is 10.9 Å². The molecule has 0 unspecified atom stereocenters. The molecule has 19 heavy (non-hydrogen) atoms. The van der Waals surface area contributed by atoms with Crippen molar-refractivity contribution in [2.75, 3.05) is 11.9 Å². The first-order chi connectivity index (χ1) is 9.38. The van der Waals surface area contributed by atoms with Gasteiger partial charge in [-0.25, -0.2) is 0 Å². The van der Waals surface area contributed by atoms with E-state index in [0.29, 0.717) is 0 Å². The van der Waals surface area contributed by atoms with Gasteiger partial charge in [0.05, 0.1) is 5.56 Å². The molecule has 3 heteroatoms. The second kappa shape index (κ2) is 5.47. The zero-order valence-corrected chi connectivity index (χ0v) is 11.1. The number of anilines is 1. The number of aromatic amines is 1. The smallest absolute Gasteiger partial charge is 0.154 e. The first kappa shape index (κ1) is 12.3. The van der Waals surface area contributed by atoms with Gasteiger partial charge in [-0.15, -0.1) is 0 Å². The van der Waals surface area contributed by atoms with Crippen LogP contribution < -0.4 is 5.32 Å². The largest absolute Gasteiger partial charge is 0.371 e. The molecule has 0 saturated heterocycles. The fraction of sp³-hybridized carbons (Fsp3) is 0.438. The molecule has 1 aromatic heterocycles. The van der Waals surface area contributed by atoms with Crippen LogP contribution in [-0.4, -0.2) is 17.8 Å². The lowest BCUT2D eigenvalue weighted by Gasteiger charge is -2.22. The normalized spacial score (nSPS) is 16.6. The molecule has 0 radical (unpaired) electrons. The number of para-hydroxylation sites is 1. The first-order valence-corrected chi connectivity index (χ1v) is 7.18. The lowest BCUT2D eigenvalue weighted by atomic mass is 9.89. The number of benzene rings is 1. The van der Waals surface area contributed by atoms with Gasteiger partial charge in [0.1, 0.15) is 5.82 Å². The lowest BCUT2D eigenvalue weighted by molar-refractivity contribution is 0.112. The second-order valence-electron chi connectivity index (χ2n) is 5.46. The number of hydrogen-bond donors (Lipinski definition) is 2. The molecule has 0 atom stereocenters. The van der Waals surface area contributed by atoms with Crippen LogP contribution in [0.1, 0.15) is 42.5 Å². The van der Waals surface area contributed by atoms with Crippen LogP contribution in [0, 0.1) is 5.92 Å². The van der Waals surface area contributed by atoms with E-state index in [1.807, 2.05) is 24.3 Å². The van der Waals surface area contributed by atoms with Crippen LogP contribution in [0.3, 0.4) is 0 Å². The molecule has 0 amide bonds. The fourth-order valence-electron chi connectivity index (χ4n) is 3.06. The van der Waals surface area contributed by atoms with Gasteiger partial charge in [0.25, 0.3) is 0 Å². The van der Waals surface area contributed by atoms with Gasteiger partial charge >= 0.3 is 0 Å². The minimum Gasteiger partial charge on any atom is -0.371 e. The zero-order valence-electron chi connectivity index (χ0n) is 11.1. The summed E-state index contributed by atoms with van der Waals surface area (Å²) in [6, 6.07) is 7.95. The number of fused-ring (bicyclic) bond motifs is 1. The Kier molecular flexibility index (Phi) is 3.53. The van der Waals surface area contributed by atoms with E-state index in [2.05, 4.69) is 10.3 Å². The minimum absolute atomic E-state index is 0.750. The number of carbonyl (C=O) groups excluding carboxylic acids is 1. The van der Waals surface area contributed by atoms with Crippen molar-refractivity contribution in [2.24, 2.45) is 5.92 Å². The van der Waals surface area contributed by atoms with E-state index in [-0.39, 0.29) is 0 Å². The molecule has 0 spiro atoms. The van der Waals surface area contributed by atoms with Crippen molar-refractivity contribution >= 4 is 23.0 Å². The highest BCUT2D eigenvalue weighted by Crippen LogP contribution is 2.27. The predicted octanol–water partition coefficient (Wildman–Crippen LogP) is 3.97. The molecule has 1 fully saturated rings. The topological polar surface area (TPSA) is 44.9 Å². The number of aromatic nitrogens is 1. The van der Waals surface area contributed by atoms with Gasteiger partial charge in [-0.05, 0) is 24.8 Å². The molecule has 1 aliphatic carbocycles. The van der Waals surface area contributed by atoms with E-state index >= 15 is 0 Å². The van der Waals surface area contributed by atoms with Gasteiger partial charge in [0.15, 0.2) is 6.29 Å². The van der Waals surface area contributed by atoms with Gasteiger partial charge in [0, 0.05) is 17.4 Å². The van der Waals surface area contributed by atoms with Crippen LogP contribution in [0.5, 0.6) is 0 Å². The third-order valence-electron chi connectivity index (χ3n) is 4.16. The summed E-state index contributed by atoms with van der Waals surface area (Å²) in [6.07, 6.45) is 7.64. The van der Waals surface area contributed by atoms with Crippen molar-refractivity contribution in [3.63, 3.8) is 0 Å². The molecule has 0 aliphatic heterocycles. The molecule has 3 rings (SSSR count). The summed E-state index contributed by atoms with van der Waals surface area (Å²) in [7, 11) is 0. The Balaban J connectivity index is 1.78. The highest BCUT2D eigenvalue weighted by Gasteiger charge is 2.15. The van der Waals surface area contributed by atoms with Crippen molar-refractivity contribution in [1.29, 1.82) is 0 Å². The first-order valence-electron chi connectivity index (χ1n) is 7.18. The molecule has 1 aliphatic rings. The van der Waals surface area contributed by atoms with Crippen molar-refractivity contribution in [3.05, 3.63) is 29.8 Å². The van der Waals surface area contributed by atoms with Crippen molar-refractivity contribution in [1.82, 2.24) is 4.98 Å². The van der Waals surface area contributed by atoms with E-state index in [1.54, 1.807) is 0 Å². The average molecular weight is 256 g/mol. The predicted molar refractivity (Wildman–Crippen MR) is 78.8 cm³/mol. The fourth-order valence-corrected chi connectivity index (χ4v) is 3.06. The number of aldehydes is 1. The maximum Gasteiger partial charge on any atom is 0.154 e. The second-order valence-corrected chi connectivity index (χ2v) is 5.46. The van der Waals surface area contributed by atoms with Crippen LogP contribution in [0.4, 0.5) is 5.82 Å². The molecule has 1 saturated carbocycles. The van der Waals surface area contributed by atoms with Crippen molar-refractivity contribution in [3.8, 4) is 0 Å². The van der Waals surface area contributed by atoms with E-state index in [0.717, 1.165) is 41.0 Å². The molecule has 1 heterocycles. The monoisotopic (exact) mass is 256 g/mol. The molecule has 3 nitrogen and oxygen atoms in total. The molecular formula is C16H20N2O. The van der Waals surface area contributed by atoms with Gasteiger partial charge in [0.2, 0.25) is 0 Å². The van der Waals surface area contributed by atoms with Crippen LogP contribution in [0.15, 0.2) is 24.3 Å². The van der Waals surface area contributed by atoms with Crippen LogP contribution in [-0.2, 0) is 0 Å². The Labute approximate surface area is 113 Å². The standard InChI is InChI=1S/C16H20N2O/c19-11-14-13-8-4-5-9-15(13)18-16(14)17-10-12-6-2-1-3-7-12/h4-5,8-9,11-12,17-18H,1-3,6-7,10H2. The molecule has 0 bridgehead atoms. The van der Waals surface area contributed by atoms with Crippen LogP contribution in [0.2, 0.25) is 0 Å². The Morgan fingerprint density at radius 3 is 2.79 bits per heavy atom. The summed E-state index contributed by atoms with van der Waals surface area (Å²) < 4.78 is 0.